The van der Waals surface area contributed by atoms with Crippen molar-refractivity contribution in [3.8, 4) is 0 Å². The summed E-state index contributed by atoms with van der Waals surface area (Å²) < 4.78 is 0. The molecule has 1 fully saturated rings. The van der Waals surface area contributed by atoms with Crippen molar-refractivity contribution in [2.24, 2.45) is 0 Å². The second-order valence-electron chi connectivity index (χ2n) is 3.07. The predicted molar refractivity (Wildman–Crippen MR) is 47.4 cm³/mol. The zero-order valence-electron chi connectivity index (χ0n) is 7.14. The summed E-state index contributed by atoms with van der Waals surface area (Å²) in [5.74, 6) is 0. The van der Waals surface area contributed by atoms with Crippen molar-refractivity contribution in [2.75, 3.05) is 0 Å². The average molecular weight is 152 g/mol. The molecule has 0 aromatic rings. The highest BCUT2D eigenvalue weighted by atomic mass is 16.3. The smallest absolute Gasteiger partial charge is 0.0787 e. The quantitative estimate of drug-likeness (QED) is 0.611. The Hall–Kier alpha value is -0.560. The third-order valence-corrected chi connectivity index (χ3v) is 2.19. The first-order chi connectivity index (χ1) is 5.25. The highest BCUT2D eigenvalue weighted by Crippen LogP contribution is 2.27. The summed E-state index contributed by atoms with van der Waals surface area (Å²) in [6, 6.07) is 0. The Morgan fingerprint density at radius 2 is 2.45 bits per heavy atom. The number of hydrogen-bond acceptors (Lipinski definition) is 1. The topological polar surface area (TPSA) is 20.2 Å². The van der Waals surface area contributed by atoms with Gasteiger partial charge in [0.2, 0.25) is 0 Å². The molecule has 0 radical (unpaired) electrons. The summed E-state index contributed by atoms with van der Waals surface area (Å²) in [6.45, 7) is 5.99. The lowest BCUT2D eigenvalue weighted by molar-refractivity contribution is 0.191. The largest absolute Gasteiger partial charge is 0.388 e. The molecule has 1 saturated carbocycles. The van der Waals surface area contributed by atoms with E-state index in [-0.39, 0.29) is 6.10 Å². The fourth-order valence-corrected chi connectivity index (χ4v) is 1.51. The molecule has 1 atom stereocenters. The van der Waals surface area contributed by atoms with Crippen molar-refractivity contribution >= 4 is 0 Å². The van der Waals surface area contributed by atoms with Crippen LogP contribution in [0.15, 0.2) is 23.8 Å². The van der Waals surface area contributed by atoms with E-state index in [0.717, 1.165) is 31.3 Å². The minimum Gasteiger partial charge on any atom is -0.388 e. The van der Waals surface area contributed by atoms with Gasteiger partial charge in [0.05, 0.1) is 6.10 Å². The normalized spacial score (nSPS) is 29.5. The molecule has 1 N–H and O–H groups in total. The summed E-state index contributed by atoms with van der Waals surface area (Å²) in [6.07, 6.45) is 6.03. The number of allylic oxidation sites excluding steroid dienone is 1. The van der Waals surface area contributed by atoms with Crippen LogP contribution >= 0.6 is 0 Å². The van der Waals surface area contributed by atoms with E-state index in [9.17, 15) is 5.11 Å². The van der Waals surface area contributed by atoms with Crippen LogP contribution in [-0.4, -0.2) is 11.2 Å². The molecule has 0 unspecified atom stereocenters. The van der Waals surface area contributed by atoms with E-state index in [4.69, 9.17) is 0 Å². The van der Waals surface area contributed by atoms with Crippen molar-refractivity contribution in [3.05, 3.63) is 23.8 Å². The van der Waals surface area contributed by atoms with Gasteiger partial charge in [-0.05, 0) is 36.8 Å². The monoisotopic (exact) mass is 152 g/mol. The number of aliphatic hydroxyl groups excluding tert-OH is 1. The number of hydrogen-bond donors (Lipinski definition) is 1. The second-order valence-corrected chi connectivity index (χ2v) is 3.07. The zero-order valence-corrected chi connectivity index (χ0v) is 7.14. The first-order valence-corrected chi connectivity index (χ1v) is 4.32. The van der Waals surface area contributed by atoms with E-state index >= 15 is 0 Å². The maximum absolute atomic E-state index is 9.43. The molecule has 62 valence electrons. The van der Waals surface area contributed by atoms with Gasteiger partial charge in [-0.25, -0.2) is 0 Å². The van der Waals surface area contributed by atoms with Gasteiger partial charge >= 0.3 is 0 Å². The molecule has 1 aliphatic carbocycles. The summed E-state index contributed by atoms with van der Waals surface area (Å²) >= 11 is 0. The van der Waals surface area contributed by atoms with Gasteiger partial charge in [0.25, 0.3) is 0 Å². The molecule has 0 saturated heterocycles. The highest BCUT2D eigenvalue weighted by Gasteiger charge is 2.17. The molecule has 11 heavy (non-hydrogen) atoms. The van der Waals surface area contributed by atoms with Crippen LogP contribution in [0.2, 0.25) is 0 Å². The van der Waals surface area contributed by atoms with Gasteiger partial charge in [-0.1, -0.05) is 19.6 Å². The molecule has 0 aromatic carbocycles. The minimum absolute atomic E-state index is 0.276. The molecule has 0 heterocycles. The Balaban J connectivity index is 2.66. The first-order valence-electron chi connectivity index (χ1n) is 4.32. The van der Waals surface area contributed by atoms with E-state index in [2.05, 4.69) is 19.6 Å². The van der Waals surface area contributed by atoms with Crippen LogP contribution in [0, 0.1) is 0 Å². The number of aliphatic hydroxyl groups is 1. The van der Waals surface area contributed by atoms with E-state index in [0.29, 0.717) is 0 Å². The standard InChI is InChI=1S/C10H16O/c1-3-5-9-6-4-7-10(11)8(9)2/h5,10-11H,2-4,6-7H2,1H3/b9-5+/t10-/m1/s1. The van der Waals surface area contributed by atoms with E-state index < -0.39 is 0 Å². The van der Waals surface area contributed by atoms with Crippen LogP contribution in [0.25, 0.3) is 0 Å². The van der Waals surface area contributed by atoms with Gasteiger partial charge in [0.1, 0.15) is 0 Å². The molecule has 1 rings (SSSR count). The molecule has 0 spiro atoms. The molecule has 1 nitrogen and oxygen atoms in total. The molecule has 0 bridgehead atoms. The fraction of sp³-hybridized carbons (Fsp3) is 0.600. The van der Waals surface area contributed by atoms with Gasteiger partial charge < -0.3 is 5.11 Å². The molecule has 1 aliphatic rings. The van der Waals surface area contributed by atoms with Gasteiger partial charge in [0.15, 0.2) is 0 Å². The summed E-state index contributed by atoms with van der Waals surface area (Å²) in [5, 5.41) is 9.43. The summed E-state index contributed by atoms with van der Waals surface area (Å²) in [4.78, 5) is 0. The zero-order chi connectivity index (χ0) is 8.27. The van der Waals surface area contributed by atoms with E-state index in [1.54, 1.807) is 0 Å². The molecular weight excluding hydrogens is 136 g/mol. The second kappa shape index (κ2) is 3.72. The third-order valence-electron chi connectivity index (χ3n) is 2.19. The van der Waals surface area contributed by atoms with Crippen molar-refractivity contribution in [3.63, 3.8) is 0 Å². The van der Waals surface area contributed by atoms with Gasteiger partial charge in [0, 0.05) is 0 Å². The van der Waals surface area contributed by atoms with Crippen LogP contribution in [-0.2, 0) is 0 Å². The van der Waals surface area contributed by atoms with Crippen molar-refractivity contribution in [1.29, 1.82) is 0 Å². The Morgan fingerprint density at radius 3 is 3.09 bits per heavy atom. The van der Waals surface area contributed by atoms with Crippen molar-refractivity contribution < 1.29 is 5.11 Å². The fourth-order valence-electron chi connectivity index (χ4n) is 1.51. The molecule has 0 aliphatic heterocycles. The van der Waals surface area contributed by atoms with Crippen LogP contribution < -0.4 is 0 Å². The highest BCUT2D eigenvalue weighted by molar-refractivity contribution is 5.33. The summed E-state index contributed by atoms with van der Waals surface area (Å²) in [7, 11) is 0. The molecular formula is C10H16O. The van der Waals surface area contributed by atoms with Crippen LogP contribution in [0.3, 0.4) is 0 Å². The maximum atomic E-state index is 9.43. The molecule has 1 heteroatoms. The predicted octanol–water partition coefficient (Wildman–Crippen LogP) is 2.42. The van der Waals surface area contributed by atoms with Gasteiger partial charge in [-0.3, -0.25) is 0 Å². The Kier molecular flexibility index (Phi) is 2.89. The van der Waals surface area contributed by atoms with Crippen molar-refractivity contribution in [1.82, 2.24) is 0 Å². The van der Waals surface area contributed by atoms with Crippen LogP contribution in [0.1, 0.15) is 32.6 Å². The Morgan fingerprint density at radius 1 is 1.73 bits per heavy atom. The van der Waals surface area contributed by atoms with Gasteiger partial charge in [-0.2, -0.15) is 0 Å². The van der Waals surface area contributed by atoms with E-state index in [1.807, 2.05) is 0 Å². The molecule has 0 amide bonds. The lowest BCUT2D eigenvalue weighted by atomic mass is 9.88. The Labute approximate surface area is 68.4 Å². The van der Waals surface area contributed by atoms with E-state index in [1.165, 1.54) is 5.57 Å². The lowest BCUT2D eigenvalue weighted by Crippen LogP contribution is -2.16. The SMILES string of the molecule is C=C1/C(=C/CC)CCC[C@H]1O. The number of rotatable bonds is 1. The summed E-state index contributed by atoms with van der Waals surface area (Å²) in [5.41, 5.74) is 2.21. The van der Waals surface area contributed by atoms with Crippen LogP contribution in [0.5, 0.6) is 0 Å². The van der Waals surface area contributed by atoms with Crippen molar-refractivity contribution in [2.45, 2.75) is 38.7 Å². The first kappa shape index (κ1) is 8.54. The van der Waals surface area contributed by atoms with Crippen LogP contribution in [0.4, 0.5) is 0 Å². The lowest BCUT2D eigenvalue weighted by Gasteiger charge is -2.22. The maximum Gasteiger partial charge on any atom is 0.0787 e. The Bertz CT molecular complexity index is 179. The third kappa shape index (κ3) is 1.93. The van der Waals surface area contributed by atoms with Gasteiger partial charge in [-0.15, -0.1) is 0 Å². The molecule has 0 aromatic heterocycles. The minimum atomic E-state index is -0.276. The average Bonchev–Trinajstić information content (AvgIpc) is 1.99.